The molecule has 0 saturated heterocycles. The molecule has 0 fully saturated rings. The zero-order valence-electron chi connectivity index (χ0n) is 13.9. The SMILES string of the molecule is C[C@H](NS(=O)(=O)c1ccc(Cl)cc1)C(=O)Nc1ccccc1CC(N)=O. The predicted octanol–water partition coefficient (Wildman–Crippen LogP) is 1.67. The van der Waals surface area contributed by atoms with Gasteiger partial charge < -0.3 is 11.1 Å². The average molecular weight is 396 g/mol. The van der Waals surface area contributed by atoms with Crippen LogP contribution in [0.25, 0.3) is 0 Å². The summed E-state index contributed by atoms with van der Waals surface area (Å²) in [4.78, 5) is 23.5. The summed E-state index contributed by atoms with van der Waals surface area (Å²) in [6.07, 6.45) is -0.0403. The second kappa shape index (κ2) is 8.31. The van der Waals surface area contributed by atoms with Gasteiger partial charge in [0.15, 0.2) is 0 Å². The number of halogens is 1. The molecule has 138 valence electrons. The van der Waals surface area contributed by atoms with Crippen LogP contribution in [0, 0.1) is 0 Å². The minimum absolute atomic E-state index is 0.00400. The van der Waals surface area contributed by atoms with Gasteiger partial charge in [0.1, 0.15) is 0 Å². The molecule has 7 nitrogen and oxygen atoms in total. The van der Waals surface area contributed by atoms with Crippen LogP contribution in [0.15, 0.2) is 53.4 Å². The van der Waals surface area contributed by atoms with Gasteiger partial charge in [0.25, 0.3) is 0 Å². The highest BCUT2D eigenvalue weighted by atomic mass is 35.5. The maximum Gasteiger partial charge on any atom is 0.242 e. The lowest BCUT2D eigenvalue weighted by Gasteiger charge is -2.16. The van der Waals surface area contributed by atoms with Crippen molar-refractivity contribution in [1.82, 2.24) is 4.72 Å². The van der Waals surface area contributed by atoms with Gasteiger partial charge in [-0.05, 0) is 42.8 Å². The smallest absolute Gasteiger partial charge is 0.242 e. The van der Waals surface area contributed by atoms with E-state index in [9.17, 15) is 18.0 Å². The van der Waals surface area contributed by atoms with E-state index in [1.54, 1.807) is 24.3 Å². The molecular formula is C17H18ClN3O4S. The summed E-state index contributed by atoms with van der Waals surface area (Å²) in [5.41, 5.74) is 6.13. The van der Waals surface area contributed by atoms with Crippen molar-refractivity contribution in [2.45, 2.75) is 24.3 Å². The number of benzene rings is 2. The molecule has 0 bridgehead atoms. The first kappa shape index (κ1) is 19.9. The number of hydrogen-bond donors (Lipinski definition) is 3. The summed E-state index contributed by atoms with van der Waals surface area (Å²) >= 11 is 5.75. The Morgan fingerprint density at radius 3 is 2.35 bits per heavy atom. The Hall–Kier alpha value is -2.42. The van der Waals surface area contributed by atoms with Crippen LogP contribution >= 0.6 is 11.6 Å². The Balaban J connectivity index is 2.11. The van der Waals surface area contributed by atoms with Gasteiger partial charge in [0.2, 0.25) is 21.8 Å². The normalized spacial score (nSPS) is 12.4. The van der Waals surface area contributed by atoms with Crippen molar-refractivity contribution in [3.63, 3.8) is 0 Å². The van der Waals surface area contributed by atoms with E-state index >= 15 is 0 Å². The number of anilines is 1. The monoisotopic (exact) mass is 395 g/mol. The molecule has 0 aliphatic rings. The topological polar surface area (TPSA) is 118 Å². The summed E-state index contributed by atoms with van der Waals surface area (Å²) in [6, 6.07) is 11.2. The zero-order chi connectivity index (χ0) is 19.3. The van der Waals surface area contributed by atoms with E-state index in [1.165, 1.54) is 31.2 Å². The summed E-state index contributed by atoms with van der Waals surface area (Å²) in [6.45, 7) is 1.42. The van der Waals surface area contributed by atoms with Crippen LogP contribution in [0.1, 0.15) is 12.5 Å². The van der Waals surface area contributed by atoms with Crippen molar-refractivity contribution in [1.29, 1.82) is 0 Å². The van der Waals surface area contributed by atoms with E-state index < -0.39 is 27.9 Å². The highest BCUT2D eigenvalue weighted by molar-refractivity contribution is 7.89. The van der Waals surface area contributed by atoms with Gasteiger partial charge in [-0.25, -0.2) is 8.42 Å². The first-order valence-electron chi connectivity index (χ1n) is 7.64. The summed E-state index contributed by atoms with van der Waals surface area (Å²) < 4.78 is 27.0. The van der Waals surface area contributed by atoms with Crippen LogP contribution in [0.5, 0.6) is 0 Å². The number of primary amides is 1. The van der Waals surface area contributed by atoms with Gasteiger partial charge >= 0.3 is 0 Å². The van der Waals surface area contributed by atoms with Gasteiger partial charge in [0, 0.05) is 10.7 Å². The molecule has 0 aromatic heterocycles. The Labute approximate surface area is 156 Å². The Morgan fingerprint density at radius 2 is 1.73 bits per heavy atom. The number of rotatable bonds is 7. The molecule has 0 aliphatic carbocycles. The molecule has 9 heteroatoms. The fourth-order valence-electron chi connectivity index (χ4n) is 2.19. The third-order valence-electron chi connectivity index (χ3n) is 3.49. The molecule has 2 aromatic rings. The molecule has 2 aromatic carbocycles. The minimum atomic E-state index is -3.89. The second-order valence-corrected chi connectivity index (χ2v) is 7.74. The number of nitrogens with two attached hydrogens (primary N) is 1. The van der Waals surface area contributed by atoms with E-state index in [0.29, 0.717) is 16.3 Å². The molecule has 0 saturated carbocycles. The standard InChI is InChI=1S/C17H18ClN3O4S/c1-11(21-26(24,25)14-8-6-13(18)7-9-14)17(23)20-15-5-3-2-4-12(15)10-16(19)22/h2-9,11,21H,10H2,1H3,(H2,19,22)(H,20,23)/t11-/m0/s1. The Kier molecular flexibility index (Phi) is 6.36. The van der Waals surface area contributed by atoms with E-state index in [0.717, 1.165) is 0 Å². The van der Waals surface area contributed by atoms with Gasteiger partial charge in [-0.2, -0.15) is 4.72 Å². The van der Waals surface area contributed by atoms with E-state index in [2.05, 4.69) is 10.0 Å². The number of sulfonamides is 1. The Bertz CT molecular complexity index is 914. The third-order valence-corrected chi connectivity index (χ3v) is 5.30. The van der Waals surface area contributed by atoms with E-state index in [-0.39, 0.29) is 11.3 Å². The van der Waals surface area contributed by atoms with E-state index in [4.69, 9.17) is 17.3 Å². The number of carbonyl (C=O) groups excluding carboxylic acids is 2. The van der Waals surface area contributed by atoms with Crippen molar-refractivity contribution < 1.29 is 18.0 Å². The molecule has 0 aliphatic heterocycles. The Morgan fingerprint density at radius 1 is 1.12 bits per heavy atom. The maximum atomic E-state index is 12.3. The van der Waals surface area contributed by atoms with Crippen molar-refractivity contribution in [2.24, 2.45) is 5.73 Å². The van der Waals surface area contributed by atoms with E-state index in [1.807, 2.05) is 0 Å². The van der Waals surface area contributed by atoms with Crippen LogP contribution in [-0.2, 0) is 26.0 Å². The first-order chi connectivity index (χ1) is 12.2. The molecule has 0 radical (unpaired) electrons. The molecular weight excluding hydrogens is 378 g/mol. The largest absolute Gasteiger partial charge is 0.369 e. The van der Waals surface area contributed by atoms with Gasteiger partial charge in [0.05, 0.1) is 17.4 Å². The maximum absolute atomic E-state index is 12.3. The van der Waals surface area contributed by atoms with Gasteiger partial charge in [-0.1, -0.05) is 29.8 Å². The minimum Gasteiger partial charge on any atom is -0.369 e. The van der Waals surface area contributed by atoms with Crippen LogP contribution in [0.2, 0.25) is 5.02 Å². The lowest BCUT2D eigenvalue weighted by atomic mass is 10.1. The second-order valence-electron chi connectivity index (χ2n) is 5.59. The van der Waals surface area contributed by atoms with Crippen molar-refractivity contribution in [3.8, 4) is 0 Å². The number of nitrogens with one attached hydrogen (secondary N) is 2. The lowest BCUT2D eigenvalue weighted by molar-refractivity contribution is -0.118. The van der Waals surface area contributed by atoms with Crippen LogP contribution < -0.4 is 15.8 Å². The molecule has 0 spiro atoms. The molecule has 4 N–H and O–H groups in total. The highest BCUT2D eigenvalue weighted by Crippen LogP contribution is 2.17. The zero-order valence-corrected chi connectivity index (χ0v) is 15.5. The molecule has 2 amide bonds. The molecule has 0 heterocycles. The summed E-state index contributed by atoms with van der Waals surface area (Å²) in [7, 11) is -3.89. The average Bonchev–Trinajstić information content (AvgIpc) is 2.56. The van der Waals surface area contributed by atoms with Gasteiger partial charge in [-0.15, -0.1) is 0 Å². The van der Waals surface area contributed by atoms with Crippen molar-refractivity contribution in [3.05, 3.63) is 59.1 Å². The fourth-order valence-corrected chi connectivity index (χ4v) is 3.52. The fraction of sp³-hybridized carbons (Fsp3) is 0.176. The lowest BCUT2D eigenvalue weighted by Crippen LogP contribution is -2.41. The first-order valence-corrected chi connectivity index (χ1v) is 9.50. The van der Waals surface area contributed by atoms with Crippen LogP contribution in [0.4, 0.5) is 5.69 Å². The summed E-state index contributed by atoms with van der Waals surface area (Å²) in [5, 5.41) is 3.01. The molecule has 2 rings (SSSR count). The van der Waals surface area contributed by atoms with Crippen molar-refractivity contribution in [2.75, 3.05) is 5.32 Å². The highest BCUT2D eigenvalue weighted by Gasteiger charge is 2.22. The number of carbonyl (C=O) groups is 2. The molecule has 0 unspecified atom stereocenters. The number of para-hydroxylation sites is 1. The molecule has 1 atom stereocenters. The summed E-state index contributed by atoms with van der Waals surface area (Å²) in [5.74, 6) is -1.11. The third kappa shape index (κ3) is 5.29. The molecule has 26 heavy (non-hydrogen) atoms. The van der Waals surface area contributed by atoms with Crippen molar-refractivity contribution >= 4 is 39.1 Å². The number of hydrogen-bond acceptors (Lipinski definition) is 4. The quantitative estimate of drug-likeness (QED) is 0.660. The van der Waals surface area contributed by atoms with Crippen LogP contribution in [0.3, 0.4) is 0 Å². The van der Waals surface area contributed by atoms with Gasteiger partial charge in [-0.3, -0.25) is 9.59 Å². The van der Waals surface area contributed by atoms with Crippen LogP contribution in [-0.4, -0.2) is 26.3 Å². The number of amides is 2. The predicted molar refractivity (Wildman–Crippen MR) is 99.2 cm³/mol.